The molecular weight excluding hydrogens is 392 g/mol. The van der Waals surface area contributed by atoms with Crippen molar-refractivity contribution in [3.8, 4) is 5.75 Å². The van der Waals surface area contributed by atoms with Crippen LogP contribution in [0.5, 0.6) is 5.75 Å². The molecule has 0 aromatic heterocycles. The summed E-state index contributed by atoms with van der Waals surface area (Å²) in [6.45, 7) is 1.65. The van der Waals surface area contributed by atoms with Gasteiger partial charge in [-0.2, -0.15) is 0 Å². The number of carbonyl (C=O) groups excluding carboxylic acids is 1. The molecule has 2 aromatic carbocycles. The minimum atomic E-state index is -0.162. The topological polar surface area (TPSA) is 50.4 Å². The lowest BCUT2D eigenvalue weighted by molar-refractivity contribution is 0.239. The molecule has 0 aliphatic rings. The Kier molecular flexibility index (Phi) is 7.92. The van der Waals surface area contributed by atoms with Gasteiger partial charge >= 0.3 is 6.03 Å². The monoisotopic (exact) mass is 410 g/mol. The zero-order valence-electron chi connectivity index (χ0n) is 13.2. The van der Waals surface area contributed by atoms with E-state index in [0.29, 0.717) is 36.9 Å². The Balaban J connectivity index is 1.53. The summed E-state index contributed by atoms with van der Waals surface area (Å²) in [5.41, 5.74) is 1.19. The molecule has 0 aliphatic carbocycles. The molecule has 0 heterocycles. The minimum Gasteiger partial charge on any atom is -0.492 e. The lowest BCUT2D eigenvalue weighted by Crippen LogP contribution is -2.37. The quantitative estimate of drug-likeness (QED) is 0.632. The maximum absolute atomic E-state index is 11.7. The van der Waals surface area contributed by atoms with E-state index < -0.39 is 0 Å². The van der Waals surface area contributed by atoms with Crippen molar-refractivity contribution in [3.63, 3.8) is 0 Å². The third-order valence-corrected chi connectivity index (χ3v) is 4.15. The first kappa shape index (κ1) is 18.6. The molecule has 0 fully saturated rings. The van der Waals surface area contributed by atoms with Crippen LogP contribution in [0.3, 0.4) is 0 Å². The molecule has 0 unspecified atom stereocenters. The van der Waals surface area contributed by atoms with Crippen LogP contribution >= 0.6 is 27.5 Å². The molecule has 4 nitrogen and oxygen atoms in total. The Morgan fingerprint density at radius 1 is 1.04 bits per heavy atom. The van der Waals surface area contributed by atoms with Crippen LogP contribution in [0.1, 0.15) is 12.0 Å². The Morgan fingerprint density at radius 3 is 2.50 bits per heavy atom. The maximum Gasteiger partial charge on any atom is 0.314 e. The van der Waals surface area contributed by atoms with Gasteiger partial charge < -0.3 is 15.4 Å². The van der Waals surface area contributed by atoms with E-state index in [1.807, 2.05) is 42.5 Å². The molecule has 0 spiro atoms. The molecule has 0 atom stereocenters. The Hall–Kier alpha value is -1.72. The van der Waals surface area contributed by atoms with E-state index in [-0.39, 0.29) is 6.03 Å². The largest absolute Gasteiger partial charge is 0.492 e. The highest BCUT2D eigenvalue weighted by Crippen LogP contribution is 2.22. The molecule has 128 valence electrons. The number of ether oxygens (including phenoxy) is 1. The van der Waals surface area contributed by atoms with Crippen LogP contribution in [0.15, 0.2) is 53.0 Å². The number of halogens is 2. The van der Waals surface area contributed by atoms with Crippen molar-refractivity contribution in [1.82, 2.24) is 10.6 Å². The molecule has 0 aliphatic heterocycles. The number of hydrogen-bond acceptors (Lipinski definition) is 2. The second kappa shape index (κ2) is 10.2. The minimum absolute atomic E-state index is 0.162. The lowest BCUT2D eigenvalue weighted by Gasteiger charge is -2.09. The van der Waals surface area contributed by atoms with E-state index in [0.717, 1.165) is 10.9 Å². The van der Waals surface area contributed by atoms with Gasteiger partial charge in [-0.25, -0.2) is 4.79 Å². The highest BCUT2D eigenvalue weighted by Gasteiger charge is 2.01. The smallest absolute Gasteiger partial charge is 0.314 e. The van der Waals surface area contributed by atoms with Crippen LogP contribution in [-0.4, -0.2) is 25.7 Å². The van der Waals surface area contributed by atoms with Gasteiger partial charge in [-0.05, 0) is 42.7 Å². The highest BCUT2D eigenvalue weighted by molar-refractivity contribution is 9.10. The summed E-state index contributed by atoms with van der Waals surface area (Å²) < 4.78 is 6.61. The van der Waals surface area contributed by atoms with Crippen molar-refractivity contribution in [1.29, 1.82) is 0 Å². The molecule has 0 bridgehead atoms. The number of hydrogen-bond donors (Lipinski definition) is 2. The summed E-state index contributed by atoms with van der Waals surface area (Å²) >= 11 is 9.40. The molecule has 2 amide bonds. The van der Waals surface area contributed by atoms with E-state index in [1.165, 1.54) is 5.56 Å². The fraction of sp³-hybridized carbons (Fsp3) is 0.278. The number of benzene rings is 2. The van der Waals surface area contributed by atoms with Gasteiger partial charge in [0.05, 0.1) is 11.6 Å². The van der Waals surface area contributed by atoms with Crippen LogP contribution in [0.2, 0.25) is 5.02 Å². The highest BCUT2D eigenvalue weighted by atomic mass is 79.9. The summed E-state index contributed by atoms with van der Waals surface area (Å²) in [6, 6.07) is 15.2. The lowest BCUT2D eigenvalue weighted by atomic mass is 10.1. The number of nitrogens with one attached hydrogen (secondary N) is 2. The zero-order chi connectivity index (χ0) is 17.2. The van der Waals surface area contributed by atoms with Gasteiger partial charge in [0.1, 0.15) is 5.75 Å². The van der Waals surface area contributed by atoms with Crippen LogP contribution in [-0.2, 0) is 6.42 Å². The molecule has 2 N–H and O–H groups in total. The average molecular weight is 412 g/mol. The summed E-state index contributed by atoms with van der Waals surface area (Å²) in [5, 5.41) is 6.24. The molecule has 0 radical (unpaired) electrons. The van der Waals surface area contributed by atoms with E-state index in [4.69, 9.17) is 16.3 Å². The predicted octanol–water partition coefficient (Wildman–Crippen LogP) is 4.41. The SMILES string of the molecule is O=C(NCCCOc1ccccc1Cl)NCCc1ccc(Br)cc1. The Morgan fingerprint density at radius 2 is 1.75 bits per heavy atom. The molecule has 6 heteroatoms. The van der Waals surface area contributed by atoms with Crippen molar-refractivity contribution in [3.05, 3.63) is 63.6 Å². The van der Waals surface area contributed by atoms with Crippen molar-refractivity contribution in [2.45, 2.75) is 12.8 Å². The van der Waals surface area contributed by atoms with E-state index in [1.54, 1.807) is 6.07 Å². The van der Waals surface area contributed by atoms with Gasteiger partial charge in [-0.1, -0.05) is 51.8 Å². The second-order valence-corrected chi connectivity index (χ2v) is 6.51. The molecule has 0 saturated carbocycles. The fourth-order valence-corrected chi connectivity index (χ4v) is 2.51. The van der Waals surface area contributed by atoms with Gasteiger partial charge in [0.2, 0.25) is 0 Å². The summed E-state index contributed by atoms with van der Waals surface area (Å²) in [7, 11) is 0. The fourth-order valence-electron chi connectivity index (χ4n) is 2.05. The third-order valence-electron chi connectivity index (χ3n) is 3.31. The van der Waals surface area contributed by atoms with E-state index >= 15 is 0 Å². The van der Waals surface area contributed by atoms with Crippen molar-refractivity contribution < 1.29 is 9.53 Å². The second-order valence-electron chi connectivity index (χ2n) is 5.19. The number of amides is 2. The van der Waals surface area contributed by atoms with Crippen LogP contribution in [0.25, 0.3) is 0 Å². The summed E-state index contributed by atoms with van der Waals surface area (Å²) in [6.07, 6.45) is 1.52. The van der Waals surface area contributed by atoms with E-state index in [2.05, 4.69) is 26.6 Å². The molecule has 2 aromatic rings. The van der Waals surface area contributed by atoms with Crippen LogP contribution in [0, 0.1) is 0 Å². The standard InChI is InChI=1S/C18H20BrClN2O2/c19-15-8-6-14(7-9-15)10-12-22-18(23)21-11-3-13-24-17-5-2-1-4-16(17)20/h1-2,4-9H,3,10-13H2,(H2,21,22,23). The average Bonchev–Trinajstić information content (AvgIpc) is 2.58. The molecular formula is C18H20BrClN2O2. The summed E-state index contributed by atoms with van der Waals surface area (Å²) in [4.78, 5) is 11.7. The predicted molar refractivity (Wildman–Crippen MR) is 101 cm³/mol. The van der Waals surface area contributed by atoms with Crippen molar-refractivity contribution in [2.75, 3.05) is 19.7 Å². The molecule has 0 saturated heterocycles. The molecule has 24 heavy (non-hydrogen) atoms. The molecule has 2 rings (SSSR count). The Bertz CT molecular complexity index is 650. The van der Waals surface area contributed by atoms with Crippen LogP contribution < -0.4 is 15.4 Å². The van der Waals surface area contributed by atoms with Crippen LogP contribution in [0.4, 0.5) is 4.79 Å². The normalized spacial score (nSPS) is 10.2. The number of rotatable bonds is 8. The first-order valence-corrected chi connectivity index (χ1v) is 8.96. The van der Waals surface area contributed by atoms with Gasteiger partial charge in [-0.3, -0.25) is 0 Å². The third kappa shape index (κ3) is 6.81. The number of para-hydroxylation sites is 1. The maximum atomic E-state index is 11.7. The van der Waals surface area contributed by atoms with Gasteiger partial charge in [0.15, 0.2) is 0 Å². The van der Waals surface area contributed by atoms with Gasteiger partial charge in [-0.15, -0.1) is 0 Å². The van der Waals surface area contributed by atoms with Gasteiger partial charge in [0.25, 0.3) is 0 Å². The zero-order valence-corrected chi connectivity index (χ0v) is 15.6. The first-order chi connectivity index (χ1) is 11.6. The first-order valence-electron chi connectivity index (χ1n) is 7.78. The van der Waals surface area contributed by atoms with Crippen molar-refractivity contribution in [2.24, 2.45) is 0 Å². The Labute approximate surface area is 155 Å². The summed E-state index contributed by atoms with van der Waals surface area (Å²) in [5.74, 6) is 0.665. The van der Waals surface area contributed by atoms with Crippen molar-refractivity contribution >= 4 is 33.6 Å². The number of urea groups is 1. The number of carbonyl (C=O) groups is 1. The van der Waals surface area contributed by atoms with E-state index in [9.17, 15) is 4.79 Å². The van der Waals surface area contributed by atoms with Gasteiger partial charge in [0, 0.05) is 17.6 Å².